The molecule has 0 bridgehead atoms. The molecule has 19 heavy (non-hydrogen) atoms. The Hall–Kier alpha value is -0.550. The van der Waals surface area contributed by atoms with Crippen molar-refractivity contribution in [2.75, 3.05) is 6.54 Å². The fraction of sp³-hybridized carbons (Fsp3) is 0.143. The number of hydrogen-bond acceptors (Lipinski definition) is 2. The molecule has 0 saturated carbocycles. The highest BCUT2D eigenvalue weighted by Crippen LogP contribution is 2.31. The average molecular weight is 406 g/mol. The Bertz CT molecular complexity index is 560. The van der Waals surface area contributed by atoms with E-state index in [1.54, 1.807) is 6.07 Å². The first kappa shape index (κ1) is 14.9. The van der Waals surface area contributed by atoms with E-state index in [1.807, 2.05) is 36.4 Å². The molecule has 0 aliphatic carbocycles. The van der Waals surface area contributed by atoms with Crippen LogP contribution in [0.1, 0.15) is 11.7 Å². The van der Waals surface area contributed by atoms with Crippen molar-refractivity contribution in [1.82, 2.24) is 0 Å². The van der Waals surface area contributed by atoms with Gasteiger partial charge < -0.3 is 10.5 Å². The number of ether oxygens (including phenoxy) is 1. The summed E-state index contributed by atoms with van der Waals surface area (Å²) in [5.41, 5.74) is 6.80. The Morgan fingerprint density at radius 2 is 1.68 bits per heavy atom. The molecule has 0 saturated heterocycles. The fourth-order valence-corrected chi connectivity index (χ4v) is 2.64. The van der Waals surface area contributed by atoms with Crippen molar-refractivity contribution >= 4 is 43.5 Å². The van der Waals surface area contributed by atoms with Crippen LogP contribution in [0, 0.1) is 0 Å². The maximum absolute atomic E-state index is 6.14. The quantitative estimate of drug-likeness (QED) is 0.782. The van der Waals surface area contributed by atoms with Gasteiger partial charge in [0.1, 0.15) is 11.9 Å². The lowest BCUT2D eigenvalue weighted by molar-refractivity contribution is 0.214. The lowest BCUT2D eigenvalue weighted by Gasteiger charge is -2.19. The SMILES string of the molecule is NCC(Oc1ccc(Br)cc1Cl)c1ccc(Br)cc1. The van der Waals surface area contributed by atoms with Gasteiger partial charge in [0, 0.05) is 15.5 Å². The van der Waals surface area contributed by atoms with E-state index in [0.29, 0.717) is 17.3 Å². The van der Waals surface area contributed by atoms with Gasteiger partial charge in [0.2, 0.25) is 0 Å². The Labute approximate surface area is 134 Å². The molecule has 2 rings (SSSR count). The van der Waals surface area contributed by atoms with E-state index in [9.17, 15) is 0 Å². The maximum atomic E-state index is 6.14. The van der Waals surface area contributed by atoms with Gasteiger partial charge in [-0.25, -0.2) is 0 Å². The summed E-state index contributed by atoms with van der Waals surface area (Å²) in [6, 6.07) is 13.4. The zero-order valence-electron chi connectivity index (χ0n) is 9.95. The summed E-state index contributed by atoms with van der Waals surface area (Å²) in [7, 11) is 0. The normalized spacial score (nSPS) is 12.2. The first-order valence-corrected chi connectivity index (χ1v) is 7.64. The van der Waals surface area contributed by atoms with Crippen LogP contribution < -0.4 is 10.5 Å². The fourth-order valence-electron chi connectivity index (χ4n) is 1.65. The van der Waals surface area contributed by atoms with E-state index in [1.165, 1.54) is 0 Å². The molecular weight excluding hydrogens is 393 g/mol. The smallest absolute Gasteiger partial charge is 0.138 e. The van der Waals surface area contributed by atoms with E-state index in [4.69, 9.17) is 22.1 Å². The van der Waals surface area contributed by atoms with Crippen LogP contribution in [0.4, 0.5) is 0 Å². The van der Waals surface area contributed by atoms with Crippen molar-refractivity contribution < 1.29 is 4.74 Å². The zero-order valence-corrected chi connectivity index (χ0v) is 13.9. The van der Waals surface area contributed by atoms with Crippen LogP contribution in [0.15, 0.2) is 51.4 Å². The monoisotopic (exact) mass is 403 g/mol. The van der Waals surface area contributed by atoms with Gasteiger partial charge in [-0.05, 0) is 35.9 Å². The van der Waals surface area contributed by atoms with Gasteiger partial charge in [-0.3, -0.25) is 0 Å². The van der Waals surface area contributed by atoms with Crippen molar-refractivity contribution in [2.45, 2.75) is 6.10 Å². The number of rotatable bonds is 4. The summed E-state index contributed by atoms with van der Waals surface area (Å²) in [4.78, 5) is 0. The molecule has 2 nitrogen and oxygen atoms in total. The molecule has 0 fully saturated rings. The largest absolute Gasteiger partial charge is 0.483 e. The third-order valence-electron chi connectivity index (χ3n) is 2.62. The van der Waals surface area contributed by atoms with Crippen molar-refractivity contribution in [3.63, 3.8) is 0 Å². The van der Waals surface area contributed by atoms with Crippen LogP contribution in [-0.2, 0) is 0 Å². The molecule has 0 amide bonds. The summed E-state index contributed by atoms with van der Waals surface area (Å²) < 4.78 is 7.82. The molecule has 2 aromatic carbocycles. The lowest BCUT2D eigenvalue weighted by Crippen LogP contribution is -2.18. The third-order valence-corrected chi connectivity index (χ3v) is 3.94. The number of benzene rings is 2. The number of hydrogen-bond donors (Lipinski definition) is 1. The molecule has 0 aromatic heterocycles. The molecule has 2 N–H and O–H groups in total. The molecule has 0 spiro atoms. The summed E-state index contributed by atoms with van der Waals surface area (Å²) in [5.74, 6) is 0.628. The topological polar surface area (TPSA) is 35.2 Å². The Morgan fingerprint density at radius 3 is 2.26 bits per heavy atom. The van der Waals surface area contributed by atoms with E-state index in [-0.39, 0.29) is 6.10 Å². The number of halogens is 3. The first-order valence-electron chi connectivity index (χ1n) is 5.67. The highest BCUT2D eigenvalue weighted by Gasteiger charge is 2.13. The van der Waals surface area contributed by atoms with Gasteiger partial charge in [-0.15, -0.1) is 0 Å². The molecule has 1 unspecified atom stereocenters. The summed E-state index contributed by atoms with van der Waals surface area (Å²) >= 11 is 12.9. The molecule has 0 radical (unpaired) electrons. The number of nitrogens with two attached hydrogens (primary N) is 1. The molecule has 0 aliphatic heterocycles. The van der Waals surface area contributed by atoms with Crippen LogP contribution in [-0.4, -0.2) is 6.54 Å². The molecule has 1 atom stereocenters. The van der Waals surface area contributed by atoms with E-state index in [2.05, 4.69) is 31.9 Å². The van der Waals surface area contributed by atoms with Crippen LogP contribution in [0.2, 0.25) is 5.02 Å². The highest BCUT2D eigenvalue weighted by molar-refractivity contribution is 9.10. The maximum Gasteiger partial charge on any atom is 0.138 e. The van der Waals surface area contributed by atoms with Crippen molar-refractivity contribution in [3.8, 4) is 5.75 Å². The Morgan fingerprint density at radius 1 is 1.05 bits per heavy atom. The summed E-state index contributed by atoms with van der Waals surface area (Å²) in [5, 5.41) is 0.560. The molecule has 5 heteroatoms. The van der Waals surface area contributed by atoms with Crippen molar-refractivity contribution in [3.05, 3.63) is 62.0 Å². The minimum absolute atomic E-state index is 0.216. The predicted molar refractivity (Wildman–Crippen MR) is 85.7 cm³/mol. The summed E-state index contributed by atoms with van der Waals surface area (Å²) in [6.07, 6.45) is -0.216. The Kier molecular flexibility index (Phi) is 5.28. The van der Waals surface area contributed by atoms with Crippen LogP contribution in [0.5, 0.6) is 5.75 Å². The van der Waals surface area contributed by atoms with Gasteiger partial charge in [-0.2, -0.15) is 0 Å². The minimum Gasteiger partial charge on any atom is -0.483 e. The average Bonchev–Trinajstić information content (AvgIpc) is 2.39. The standard InChI is InChI=1S/C14H12Br2ClNO/c15-10-3-1-9(2-4-10)14(8-18)19-13-6-5-11(16)7-12(13)17/h1-7,14H,8,18H2. The van der Waals surface area contributed by atoms with Crippen molar-refractivity contribution in [1.29, 1.82) is 0 Å². The molecule has 0 heterocycles. The van der Waals surface area contributed by atoms with Gasteiger partial charge in [0.25, 0.3) is 0 Å². The van der Waals surface area contributed by atoms with E-state index >= 15 is 0 Å². The van der Waals surface area contributed by atoms with Gasteiger partial charge >= 0.3 is 0 Å². The predicted octanol–water partition coefficient (Wildman–Crippen LogP) is 4.94. The van der Waals surface area contributed by atoms with Gasteiger partial charge in [0.05, 0.1) is 5.02 Å². The lowest BCUT2D eigenvalue weighted by atomic mass is 10.1. The minimum atomic E-state index is -0.216. The van der Waals surface area contributed by atoms with Crippen LogP contribution in [0.3, 0.4) is 0 Å². The zero-order chi connectivity index (χ0) is 13.8. The second kappa shape index (κ2) is 6.75. The van der Waals surface area contributed by atoms with Gasteiger partial charge in [-0.1, -0.05) is 55.6 Å². The molecule has 100 valence electrons. The third kappa shape index (κ3) is 3.96. The second-order valence-corrected chi connectivity index (χ2v) is 6.21. The van der Waals surface area contributed by atoms with Crippen molar-refractivity contribution in [2.24, 2.45) is 5.73 Å². The van der Waals surface area contributed by atoms with Crippen LogP contribution in [0.25, 0.3) is 0 Å². The summed E-state index contributed by atoms with van der Waals surface area (Å²) in [6.45, 7) is 0.383. The van der Waals surface area contributed by atoms with Crippen LogP contribution >= 0.6 is 43.5 Å². The molecule has 2 aromatic rings. The molecule has 0 aliphatic rings. The van der Waals surface area contributed by atoms with E-state index < -0.39 is 0 Å². The second-order valence-electron chi connectivity index (χ2n) is 3.97. The highest BCUT2D eigenvalue weighted by atomic mass is 79.9. The Balaban J connectivity index is 2.21. The van der Waals surface area contributed by atoms with Gasteiger partial charge in [0.15, 0.2) is 0 Å². The van der Waals surface area contributed by atoms with E-state index in [0.717, 1.165) is 14.5 Å². The first-order chi connectivity index (χ1) is 9.10. The molecular formula is C14H12Br2ClNO.